The van der Waals surface area contributed by atoms with E-state index in [1.165, 1.54) is 18.2 Å². The van der Waals surface area contributed by atoms with E-state index in [2.05, 4.69) is 15.0 Å². The minimum Gasteiger partial charge on any atom is -0.367 e. The Morgan fingerprint density at radius 1 is 1.03 bits per heavy atom. The van der Waals surface area contributed by atoms with Gasteiger partial charge in [-0.15, -0.1) is 0 Å². The van der Waals surface area contributed by atoms with Crippen LogP contribution in [0.3, 0.4) is 0 Å². The van der Waals surface area contributed by atoms with Crippen LogP contribution in [0.25, 0.3) is 0 Å². The second-order valence-corrected chi connectivity index (χ2v) is 10.5. The van der Waals surface area contributed by atoms with Crippen LogP contribution in [0.1, 0.15) is 23.1 Å². The quantitative estimate of drug-likeness (QED) is 0.432. The molecular formula is C26H27F3N4O3S. The van der Waals surface area contributed by atoms with Gasteiger partial charge in [0.05, 0.1) is 21.8 Å². The highest BCUT2D eigenvalue weighted by Gasteiger charge is 2.32. The summed E-state index contributed by atoms with van der Waals surface area (Å²) in [6.45, 7) is 2.33. The molecule has 37 heavy (non-hydrogen) atoms. The Bertz CT molecular complexity index is 1330. The summed E-state index contributed by atoms with van der Waals surface area (Å²) in [5.41, 5.74) is 0.915. The highest BCUT2D eigenvalue weighted by molar-refractivity contribution is 7.92. The molecule has 0 unspecified atom stereocenters. The van der Waals surface area contributed by atoms with Gasteiger partial charge in [0.15, 0.2) is 0 Å². The topological polar surface area (TPSA) is 91.4 Å². The number of nitrogens with one attached hydrogen (secondary N) is 2. The minimum absolute atomic E-state index is 0.00205. The first-order valence-electron chi connectivity index (χ1n) is 11.8. The van der Waals surface area contributed by atoms with Crippen molar-refractivity contribution in [1.29, 1.82) is 0 Å². The summed E-state index contributed by atoms with van der Waals surface area (Å²) >= 11 is 0. The van der Waals surface area contributed by atoms with Crippen LogP contribution in [-0.4, -0.2) is 45.4 Å². The number of aromatic nitrogens is 1. The number of halogens is 3. The number of rotatable bonds is 9. The number of anilines is 2. The monoisotopic (exact) mass is 532 g/mol. The van der Waals surface area contributed by atoms with E-state index in [-0.39, 0.29) is 22.8 Å². The first kappa shape index (κ1) is 26.6. The lowest BCUT2D eigenvalue weighted by Gasteiger charge is -2.31. The Kier molecular flexibility index (Phi) is 8.13. The van der Waals surface area contributed by atoms with Crippen molar-refractivity contribution in [2.24, 2.45) is 0 Å². The van der Waals surface area contributed by atoms with Crippen molar-refractivity contribution in [2.75, 3.05) is 35.8 Å². The number of benzene rings is 2. The number of piperazine rings is 1. The van der Waals surface area contributed by atoms with E-state index in [1.54, 1.807) is 30.6 Å². The fourth-order valence-corrected chi connectivity index (χ4v) is 5.18. The van der Waals surface area contributed by atoms with Gasteiger partial charge in [-0.3, -0.25) is 14.5 Å². The number of pyridine rings is 1. The number of ketones is 1. The molecule has 196 valence electrons. The maximum absolute atomic E-state index is 13.4. The normalized spacial score (nSPS) is 14.4. The molecule has 0 bridgehead atoms. The molecule has 11 heteroatoms. The minimum atomic E-state index is -4.62. The van der Waals surface area contributed by atoms with Crippen LogP contribution in [-0.2, 0) is 33.8 Å². The van der Waals surface area contributed by atoms with Crippen LogP contribution in [0.2, 0.25) is 0 Å². The van der Waals surface area contributed by atoms with E-state index in [9.17, 15) is 26.4 Å². The lowest BCUT2D eigenvalue weighted by molar-refractivity contribution is -0.137. The van der Waals surface area contributed by atoms with Gasteiger partial charge in [0.2, 0.25) is 0 Å². The number of hydrogen-bond donors (Lipinski definition) is 2. The summed E-state index contributed by atoms with van der Waals surface area (Å²) in [6, 6.07) is 12.6. The molecule has 7 nitrogen and oxygen atoms in total. The highest BCUT2D eigenvalue weighted by atomic mass is 32.2. The zero-order chi connectivity index (χ0) is 26.5. The van der Waals surface area contributed by atoms with E-state index in [4.69, 9.17) is 0 Å². The van der Waals surface area contributed by atoms with Crippen LogP contribution in [0.4, 0.5) is 24.5 Å². The van der Waals surface area contributed by atoms with Crippen molar-refractivity contribution < 1.29 is 26.4 Å². The largest absolute Gasteiger partial charge is 0.416 e. The van der Waals surface area contributed by atoms with Crippen LogP contribution >= 0.6 is 0 Å². The molecule has 1 saturated heterocycles. The lowest BCUT2D eigenvalue weighted by atomic mass is 10.0. The fraction of sp³-hybridized carbons (Fsp3) is 0.308. The third-order valence-corrected chi connectivity index (χ3v) is 7.46. The van der Waals surface area contributed by atoms with Crippen molar-refractivity contribution in [2.45, 2.75) is 30.3 Å². The van der Waals surface area contributed by atoms with Gasteiger partial charge in [0.25, 0.3) is 10.0 Å². The number of Topliss-reactive ketones (excluding diaryl/α,β-unsaturated/α-hetero) is 1. The van der Waals surface area contributed by atoms with Crippen LogP contribution in [0.5, 0.6) is 0 Å². The van der Waals surface area contributed by atoms with Gasteiger partial charge >= 0.3 is 6.18 Å². The summed E-state index contributed by atoms with van der Waals surface area (Å²) in [5.74, 6) is 0.00205. The van der Waals surface area contributed by atoms with Crippen LogP contribution in [0, 0.1) is 0 Å². The Labute approximate surface area is 213 Å². The van der Waals surface area contributed by atoms with Gasteiger partial charge < -0.3 is 10.2 Å². The zero-order valence-corrected chi connectivity index (χ0v) is 20.8. The number of carbonyl (C=O) groups excluding carboxylic acids is 1. The number of sulfonamides is 1. The molecule has 2 aromatic carbocycles. The molecule has 0 radical (unpaired) electrons. The van der Waals surface area contributed by atoms with E-state index >= 15 is 0 Å². The zero-order valence-electron chi connectivity index (χ0n) is 20.0. The first-order valence-corrected chi connectivity index (χ1v) is 13.3. The summed E-state index contributed by atoms with van der Waals surface area (Å²) in [5, 5.41) is 3.16. The second kappa shape index (κ2) is 11.3. The van der Waals surface area contributed by atoms with Crippen molar-refractivity contribution >= 4 is 27.2 Å². The Morgan fingerprint density at radius 2 is 1.76 bits per heavy atom. The maximum atomic E-state index is 13.4. The first-order chi connectivity index (χ1) is 17.6. The van der Waals surface area contributed by atoms with E-state index in [0.717, 1.165) is 17.7 Å². The van der Waals surface area contributed by atoms with Crippen molar-refractivity contribution in [3.63, 3.8) is 0 Å². The molecule has 2 heterocycles. The molecule has 1 aliphatic heterocycles. The summed E-state index contributed by atoms with van der Waals surface area (Å²) in [7, 11) is -4.18. The van der Waals surface area contributed by atoms with Gasteiger partial charge in [-0.2, -0.15) is 13.2 Å². The number of nitrogens with zero attached hydrogens (tertiary/aromatic N) is 2. The summed E-state index contributed by atoms with van der Waals surface area (Å²) in [4.78, 5) is 18.1. The van der Waals surface area contributed by atoms with Gasteiger partial charge in [-0.05, 0) is 53.9 Å². The standard InChI is InChI=1S/C26H27F3N4O3S/c27-26(28,29)21-6-10-25(33-14-12-30-13-15-33)24(17-21)32-37(35,36)23-8-4-19(5-9-23)16-22(34)7-3-20-2-1-11-31-18-20/h1-2,4-6,8-11,17-18,30,32H,3,7,12-16H2. The maximum Gasteiger partial charge on any atom is 0.416 e. The summed E-state index contributed by atoms with van der Waals surface area (Å²) < 4.78 is 68.6. The third-order valence-electron chi connectivity index (χ3n) is 6.08. The lowest BCUT2D eigenvalue weighted by Crippen LogP contribution is -2.43. The van der Waals surface area contributed by atoms with Crippen molar-refractivity contribution in [3.05, 3.63) is 83.7 Å². The number of carbonyl (C=O) groups is 1. The molecule has 1 aromatic heterocycles. The molecule has 4 rings (SSSR count). The molecule has 0 amide bonds. The average molecular weight is 533 g/mol. The van der Waals surface area contributed by atoms with Crippen LogP contribution in [0.15, 0.2) is 71.9 Å². The summed E-state index contributed by atoms with van der Waals surface area (Å²) in [6.07, 6.45) is -0.206. The number of alkyl halides is 3. The molecule has 0 saturated carbocycles. The number of hydrogen-bond acceptors (Lipinski definition) is 6. The smallest absolute Gasteiger partial charge is 0.367 e. The second-order valence-electron chi connectivity index (χ2n) is 8.79. The number of aryl methyl sites for hydroxylation is 1. The van der Waals surface area contributed by atoms with Gasteiger partial charge in [-0.1, -0.05) is 18.2 Å². The van der Waals surface area contributed by atoms with Gasteiger partial charge in [0, 0.05) is 51.4 Å². The Balaban J connectivity index is 1.48. The third kappa shape index (κ3) is 7.07. The molecule has 1 aliphatic rings. The Morgan fingerprint density at radius 3 is 2.41 bits per heavy atom. The SMILES string of the molecule is O=C(CCc1cccnc1)Cc1ccc(S(=O)(=O)Nc2cc(C(F)(F)F)ccc2N2CCNCC2)cc1. The molecule has 2 N–H and O–H groups in total. The molecule has 0 aliphatic carbocycles. The van der Waals surface area contributed by atoms with Crippen molar-refractivity contribution in [3.8, 4) is 0 Å². The Hall–Kier alpha value is -3.44. The fourth-order valence-electron chi connectivity index (χ4n) is 4.11. The molecule has 1 fully saturated rings. The van der Waals surface area contributed by atoms with Crippen molar-refractivity contribution in [1.82, 2.24) is 10.3 Å². The predicted molar refractivity (Wildman–Crippen MR) is 135 cm³/mol. The molecule has 3 aromatic rings. The molecule has 0 atom stereocenters. The van der Waals surface area contributed by atoms with E-state index in [0.29, 0.717) is 50.3 Å². The average Bonchev–Trinajstić information content (AvgIpc) is 2.88. The van der Waals surface area contributed by atoms with E-state index < -0.39 is 21.8 Å². The molecular weight excluding hydrogens is 505 g/mol. The van der Waals surface area contributed by atoms with E-state index in [1.807, 2.05) is 11.0 Å². The highest BCUT2D eigenvalue weighted by Crippen LogP contribution is 2.36. The molecule has 0 spiro atoms. The van der Waals surface area contributed by atoms with Gasteiger partial charge in [-0.25, -0.2) is 8.42 Å². The van der Waals surface area contributed by atoms with Crippen LogP contribution < -0.4 is 14.9 Å². The predicted octanol–water partition coefficient (Wildman–Crippen LogP) is 4.06. The van der Waals surface area contributed by atoms with Gasteiger partial charge in [0.1, 0.15) is 5.78 Å².